The Morgan fingerprint density at radius 1 is 0.978 bits per heavy atom. The van der Waals surface area contributed by atoms with E-state index in [1.54, 1.807) is 84.9 Å². The van der Waals surface area contributed by atoms with Crippen molar-refractivity contribution in [3.05, 3.63) is 138 Å². The number of ether oxygens (including phenoxy) is 2. The Morgan fingerprint density at radius 2 is 1.70 bits per heavy atom. The van der Waals surface area contributed by atoms with Crippen LogP contribution < -0.4 is 10.1 Å². The summed E-state index contributed by atoms with van der Waals surface area (Å²) in [6.45, 7) is 0.449. The summed E-state index contributed by atoms with van der Waals surface area (Å²) in [5, 5.41) is 17.4. The van der Waals surface area contributed by atoms with Gasteiger partial charge in [-0.15, -0.1) is 0 Å². The number of nitrogens with zero attached hydrogens (tertiary/aromatic N) is 4. The SMILES string of the molecule is [N-]=[N+]=Nc1ccccc1C[C@@]1(C(=O)NCc2ccc(Cl)cc2Cl)N=C(c2ccc(OCCCO)cc2)O[C@@H]1c1ccc(Cl)cc1Cl. The predicted octanol–water partition coefficient (Wildman–Crippen LogP) is 8.82. The van der Waals surface area contributed by atoms with Crippen LogP contribution in [0.25, 0.3) is 10.4 Å². The average Bonchev–Trinajstić information content (AvgIpc) is 3.42. The second-order valence-corrected chi connectivity index (χ2v) is 12.1. The highest BCUT2D eigenvalue weighted by atomic mass is 35.5. The van der Waals surface area contributed by atoms with Crippen LogP contribution in [-0.4, -0.2) is 35.7 Å². The number of aliphatic hydroxyl groups is 1. The first-order valence-electron chi connectivity index (χ1n) is 14.1. The molecule has 5 rings (SSSR count). The van der Waals surface area contributed by atoms with Crippen molar-refractivity contribution in [2.45, 2.75) is 31.0 Å². The first-order chi connectivity index (χ1) is 22.2. The standard InChI is InChI=1S/C33H27Cl4N5O4/c34-23-9-6-22(27(36)16-23)19-39-32(44)33(18-21-4-1-2-5-29(21)41-42-38)30(26-13-10-24(35)17-28(26)37)46-31(40-33)20-7-11-25(12-8-20)45-15-3-14-43/h1-2,4-13,16-17,30,43H,3,14-15,18-19H2,(H,39,44)/t30-,33-/m1/s1. The van der Waals surface area contributed by atoms with Gasteiger partial charge in [-0.3, -0.25) is 4.79 Å². The number of carbonyl (C=O) groups is 1. The lowest BCUT2D eigenvalue weighted by Gasteiger charge is -2.31. The Labute approximate surface area is 285 Å². The van der Waals surface area contributed by atoms with Crippen LogP contribution in [-0.2, 0) is 22.5 Å². The van der Waals surface area contributed by atoms with Crippen LogP contribution in [0, 0.1) is 0 Å². The van der Waals surface area contributed by atoms with Crippen LogP contribution in [0.4, 0.5) is 5.69 Å². The third-order valence-corrected chi connectivity index (χ3v) is 8.48. The van der Waals surface area contributed by atoms with E-state index < -0.39 is 17.6 Å². The molecule has 1 aliphatic rings. The molecule has 0 aromatic heterocycles. The maximum absolute atomic E-state index is 14.6. The summed E-state index contributed by atoms with van der Waals surface area (Å²) in [5.41, 5.74) is 10.2. The van der Waals surface area contributed by atoms with Gasteiger partial charge in [-0.2, -0.15) is 0 Å². The van der Waals surface area contributed by atoms with Crippen molar-refractivity contribution in [2.24, 2.45) is 10.1 Å². The molecule has 2 N–H and O–H groups in total. The normalized spacial score (nSPS) is 17.1. The highest BCUT2D eigenvalue weighted by Gasteiger charge is 2.54. The molecule has 46 heavy (non-hydrogen) atoms. The summed E-state index contributed by atoms with van der Waals surface area (Å²) < 4.78 is 12.2. The summed E-state index contributed by atoms with van der Waals surface area (Å²) in [6.07, 6.45) is -0.539. The summed E-state index contributed by atoms with van der Waals surface area (Å²) in [7, 11) is 0. The second kappa shape index (κ2) is 15.1. The quantitative estimate of drug-likeness (QED) is 0.0663. The Bertz CT molecular complexity index is 1810. The van der Waals surface area contributed by atoms with E-state index in [2.05, 4.69) is 15.3 Å². The van der Waals surface area contributed by atoms with Gasteiger partial charge in [0.25, 0.3) is 5.91 Å². The number of hydrogen-bond acceptors (Lipinski definition) is 6. The van der Waals surface area contributed by atoms with Crippen LogP contribution in [0.1, 0.15) is 34.8 Å². The molecule has 0 aliphatic carbocycles. The second-order valence-electron chi connectivity index (χ2n) is 10.4. The van der Waals surface area contributed by atoms with Crippen molar-refractivity contribution < 1.29 is 19.4 Å². The average molecular weight is 699 g/mol. The molecule has 1 amide bonds. The number of amides is 1. The van der Waals surface area contributed by atoms with E-state index in [4.69, 9.17) is 66.0 Å². The van der Waals surface area contributed by atoms with E-state index in [1.807, 2.05) is 0 Å². The van der Waals surface area contributed by atoms with Gasteiger partial charge in [-0.1, -0.05) is 87.9 Å². The fourth-order valence-electron chi connectivity index (χ4n) is 5.06. The molecular formula is C33H27Cl4N5O4. The largest absolute Gasteiger partial charge is 0.494 e. The number of azide groups is 1. The summed E-state index contributed by atoms with van der Waals surface area (Å²) in [5.74, 6) is 0.309. The number of benzene rings is 4. The number of rotatable bonds is 12. The molecule has 4 aromatic carbocycles. The van der Waals surface area contributed by atoms with E-state index in [-0.39, 0.29) is 30.5 Å². The molecule has 1 aliphatic heterocycles. The van der Waals surface area contributed by atoms with E-state index >= 15 is 0 Å². The molecule has 0 saturated carbocycles. The Morgan fingerprint density at radius 3 is 2.39 bits per heavy atom. The monoisotopic (exact) mass is 697 g/mol. The van der Waals surface area contributed by atoms with Crippen molar-refractivity contribution in [3.63, 3.8) is 0 Å². The van der Waals surface area contributed by atoms with Gasteiger partial charge in [0.05, 0.1) is 6.61 Å². The minimum Gasteiger partial charge on any atom is -0.494 e. The Kier molecular flexibility index (Phi) is 11.0. The number of aliphatic hydroxyl groups excluding tert-OH is 1. The van der Waals surface area contributed by atoms with Crippen molar-refractivity contribution in [2.75, 3.05) is 13.2 Å². The zero-order valence-electron chi connectivity index (χ0n) is 24.2. The molecule has 0 bridgehead atoms. The van der Waals surface area contributed by atoms with Crippen LogP contribution in [0.2, 0.25) is 20.1 Å². The van der Waals surface area contributed by atoms with Gasteiger partial charge >= 0.3 is 0 Å². The van der Waals surface area contributed by atoms with E-state index in [0.717, 1.165) is 0 Å². The van der Waals surface area contributed by atoms with Gasteiger partial charge in [0.2, 0.25) is 5.90 Å². The minimum atomic E-state index is -1.64. The zero-order valence-corrected chi connectivity index (χ0v) is 27.2. The highest BCUT2D eigenvalue weighted by Crippen LogP contribution is 2.46. The van der Waals surface area contributed by atoms with Crippen LogP contribution in [0.3, 0.4) is 0 Å². The highest BCUT2D eigenvalue weighted by molar-refractivity contribution is 6.35. The maximum atomic E-state index is 14.6. The summed E-state index contributed by atoms with van der Waals surface area (Å²) >= 11 is 25.5. The minimum absolute atomic E-state index is 0.0160. The fourth-order valence-corrected chi connectivity index (χ4v) is 6.05. The maximum Gasteiger partial charge on any atom is 0.252 e. The van der Waals surface area contributed by atoms with E-state index in [1.165, 1.54) is 0 Å². The van der Waals surface area contributed by atoms with Gasteiger partial charge in [-0.25, -0.2) is 4.99 Å². The Hall–Kier alpha value is -3.95. The summed E-state index contributed by atoms with van der Waals surface area (Å²) in [4.78, 5) is 22.5. The summed E-state index contributed by atoms with van der Waals surface area (Å²) in [6, 6.07) is 23.9. The molecular weight excluding hydrogens is 672 g/mol. The Balaban J connectivity index is 1.62. The topological polar surface area (TPSA) is 129 Å². The third kappa shape index (κ3) is 7.53. The zero-order chi connectivity index (χ0) is 32.7. The van der Waals surface area contributed by atoms with Crippen LogP contribution in [0.5, 0.6) is 5.75 Å². The van der Waals surface area contributed by atoms with Gasteiger partial charge < -0.3 is 19.9 Å². The smallest absolute Gasteiger partial charge is 0.252 e. The van der Waals surface area contributed by atoms with Crippen molar-refractivity contribution >= 4 is 63.9 Å². The number of aliphatic imine (C=N–C) groups is 1. The van der Waals surface area contributed by atoms with Crippen LogP contribution >= 0.6 is 46.4 Å². The molecule has 2 atom stereocenters. The number of nitrogens with one attached hydrogen (secondary N) is 1. The predicted molar refractivity (Wildman–Crippen MR) is 180 cm³/mol. The molecule has 0 spiro atoms. The van der Waals surface area contributed by atoms with E-state index in [9.17, 15) is 10.3 Å². The van der Waals surface area contributed by atoms with Gasteiger partial charge in [0.1, 0.15) is 5.75 Å². The third-order valence-electron chi connectivity index (χ3n) is 7.33. The molecule has 0 unspecified atom stereocenters. The number of carbonyl (C=O) groups excluding carboxylic acids is 1. The lowest BCUT2D eigenvalue weighted by Crippen LogP contribution is -2.49. The van der Waals surface area contributed by atoms with Crippen molar-refractivity contribution in [3.8, 4) is 5.75 Å². The molecule has 4 aromatic rings. The molecule has 0 radical (unpaired) electrons. The number of halogens is 4. The van der Waals surface area contributed by atoms with Gasteiger partial charge in [-0.05, 0) is 65.2 Å². The molecule has 0 saturated heterocycles. The lowest BCUT2D eigenvalue weighted by molar-refractivity contribution is -0.129. The van der Waals surface area contributed by atoms with Gasteiger partial charge in [0.15, 0.2) is 11.6 Å². The first-order valence-corrected chi connectivity index (χ1v) is 15.7. The lowest BCUT2D eigenvalue weighted by atomic mass is 9.81. The van der Waals surface area contributed by atoms with Crippen molar-refractivity contribution in [1.29, 1.82) is 0 Å². The molecule has 1 heterocycles. The van der Waals surface area contributed by atoms with Crippen LogP contribution in [0.15, 0.2) is 95.0 Å². The molecule has 0 fully saturated rings. The van der Waals surface area contributed by atoms with E-state index in [0.29, 0.717) is 61.8 Å². The molecule has 13 heteroatoms. The first kappa shape index (κ1) is 33.4. The fraction of sp³-hybridized carbons (Fsp3) is 0.212. The van der Waals surface area contributed by atoms with Crippen molar-refractivity contribution in [1.82, 2.24) is 5.32 Å². The molecule has 236 valence electrons. The molecule has 9 nitrogen and oxygen atoms in total. The number of hydrogen-bond donors (Lipinski definition) is 2. The van der Waals surface area contributed by atoms with Gasteiger partial charge in [0, 0.05) is 67.8 Å².